The molecule has 1 heterocycles. The normalized spacial score (nSPS) is 9.90. The summed E-state index contributed by atoms with van der Waals surface area (Å²) < 4.78 is 13.9. The lowest BCUT2D eigenvalue weighted by molar-refractivity contribution is 0.0948. The third kappa shape index (κ3) is 3.89. The molecule has 0 saturated carbocycles. The van der Waals surface area contributed by atoms with E-state index < -0.39 is 5.82 Å². The van der Waals surface area contributed by atoms with E-state index in [-0.39, 0.29) is 16.7 Å². The average Bonchev–Trinajstić information content (AvgIpc) is 2.85. The van der Waals surface area contributed by atoms with E-state index in [1.165, 1.54) is 12.1 Å². The number of anilines is 1. The van der Waals surface area contributed by atoms with Crippen molar-refractivity contribution in [3.8, 4) is 0 Å². The van der Waals surface area contributed by atoms with Crippen LogP contribution in [0.3, 0.4) is 0 Å². The summed E-state index contributed by atoms with van der Waals surface area (Å²) in [6, 6.07) is 9.29. The molecule has 4 nitrogen and oxygen atoms in total. The third-order valence-electron chi connectivity index (χ3n) is 2.21. The van der Waals surface area contributed by atoms with Crippen LogP contribution >= 0.6 is 35.2 Å². The quantitative estimate of drug-likeness (QED) is 0.585. The van der Waals surface area contributed by atoms with Crippen LogP contribution in [0.2, 0.25) is 4.34 Å². The lowest BCUT2D eigenvalue weighted by Gasteiger charge is -2.11. The van der Waals surface area contributed by atoms with Gasteiger partial charge in [0, 0.05) is 0 Å². The van der Waals surface area contributed by atoms with Crippen molar-refractivity contribution in [1.29, 1.82) is 0 Å². The first-order valence-corrected chi connectivity index (χ1v) is 7.04. The predicted octanol–water partition coefficient (Wildman–Crippen LogP) is 3.17. The Morgan fingerprint density at radius 2 is 1.95 bits per heavy atom. The Hall–Kier alpha value is -1.70. The molecule has 0 aliphatic rings. The second-order valence-corrected chi connectivity index (χ2v) is 5.74. The Morgan fingerprint density at radius 3 is 2.60 bits per heavy atom. The Balaban J connectivity index is 1.87. The van der Waals surface area contributed by atoms with Gasteiger partial charge in [0.2, 0.25) is 0 Å². The predicted molar refractivity (Wildman–Crippen MR) is 82.6 cm³/mol. The summed E-state index contributed by atoms with van der Waals surface area (Å²) in [5, 5.41) is 2.71. The molecule has 3 N–H and O–H groups in total. The molecule has 1 amide bonds. The van der Waals surface area contributed by atoms with E-state index in [2.05, 4.69) is 16.2 Å². The highest BCUT2D eigenvalue weighted by molar-refractivity contribution is 7.80. The van der Waals surface area contributed by atoms with Crippen molar-refractivity contribution in [1.82, 2.24) is 10.9 Å². The lowest BCUT2D eigenvalue weighted by Crippen LogP contribution is -2.43. The number of hydrogen-bond acceptors (Lipinski definition) is 3. The number of benzene rings is 1. The van der Waals surface area contributed by atoms with Gasteiger partial charge in [0.25, 0.3) is 5.91 Å². The van der Waals surface area contributed by atoms with Gasteiger partial charge in [0.15, 0.2) is 5.11 Å². The second-order valence-electron chi connectivity index (χ2n) is 3.62. The van der Waals surface area contributed by atoms with Gasteiger partial charge in [-0.1, -0.05) is 23.7 Å². The number of amides is 1. The molecule has 0 unspecified atom stereocenters. The molecule has 2 rings (SSSR count). The number of halogens is 2. The maximum atomic E-state index is 13.4. The summed E-state index contributed by atoms with van der Waals surface area (Å²) in [5.74, 6) is -0.812. The van der Waals surface area contributed by atoms with Crippen LogP contribution in [0.1, 0.15) is 9.67 Å². The van der Waals surface area contributed by atoms with Gasteiger partial charge in [-0.3, -0.25) is 15.6 Å². The first kappa shape index (κ1) is 14.7. The minimum atomic E-state index is -0.437. The van der Waals surface area contributed by atoms with Crippen LogP contribution in [0, 0.1) is 5.82 Å². The van der Waals surface area contributed by atoms with Crippen LogP contribution in [0.5, 0.6) is 0 Å². The van der Waals surface area contributed by atoms with Gasteiger partial charge < -0.3 is 5.32 Å². The maximum absolute atomic E-state index is 13.4. The van der Waals surface area contributed by atoms with Crippen molar-refractivity contribution >= 4 is 51.9 Å². The highest BCUT2D eigenvalue weighted by Crippen LogP contribution is 2.20. The van der Waals surface area contributed by atoms with E-state index >= 15 is 0 Å². The Kier molecular flexibility index (Phi) is 4.89. The number of thiophene rings is 1. The third-order valence-corrected chi connectivity index (χ3v) is 3.64. The number of para-hydroxylation sites is 1. The number of carbonyl (C=O) groups excluding carboxylic acids is 1. The first-order chi connectivity index (χ1) is 9.56. The first-order valence-electron chi connectivity index (χ1n) is 5.43. The molecular weight excluding hydrogens is 321 g/mol. The topological polar surface area (TPSA) is 53.2 Å². The molecule has 0 bridgehead atoms. The Bertz CT molecular complexity index is 647. The van der Waals surface area contributed by atoms with Crippen molar-refractivity contribution < 1.29 is 9.18 Å². The van der Waals surface area contributed by atoms with Crippen molar-refractivity contribution in [3.63, 3.8) is 0 Å². The number of nitrogens with one attached hydrogen (secondary N) is 3. The van der Waals surface area contributed by atoms with E-state index in [1.807, 2.05) is 0 Å². The van der Waals surface area contributed by atoms with E-state index in [9.17, 15) is 9.18 Å². The summed E-state index contributed by atoms with van der Waals surface area (Å²) in [7, 11) is 0. The number of hydrogen-bond donors (Lipinski definition) is 3. The number of carbonyl (C=O) groups is 1. The molecule has 0 atom stereocenters. The molecule has 2 aromatic rings. The number of rotatable bonds is 2. The fraction of sp³-hybridized carbons (Fsp3) is 0. The zero-order valence-electron chi connectivity index (χ0n) is 9.94. The van der Waals surface area contributed by atoms with E-state index in [0.29, 0.717) is 9.21 Å². The molecule has 0 spiro atoms. The second kappa shape index (κ2) is 6.65. The van der Waals surface area contributed by atoms with Gasteiger partial charge in [-0.15, -0.1) is 11.3 Å². The number of hydrazine groups is 1. The van der Waals surface area contributed by atoms with Gasteiger partial charge in [0.05, 0.1) is 14.9 Å². The Morgan fingerprint density at radius 1 is 1.20 bits per heavy atom. The van der Waals surface area contributed by atoms with Crippen LogP contribution in [-0.4, -0.2) is 11.0 Å². The smallest absolute Gasteiger partial charge is 0.279 e. The molecule has 1 aromatic heterocycles. The summed E-state index contributed by atoms with van der Waals surface area (Å²) in [6.07, 6.45) is 0. The molecule has 0 aliphatic heterocycles. The fourth-order valence-electron chi connectivity index (χ4n) is 1.33. The molecule has 0 radical (unpaired) electrons. The molecule has 0 fully saturated rings. The fourth-order valence-corrected chi connectivity index (χ4v) is 2.43. The van der Waals surface area contributed by atoms with Crippen molar-refractivity contribution in [2.75, 3.05) is 5.32 Å². The minimum absolute atomic E-state index is 0.0751. The molecule has 104 valence electrons. The molecular formula is C12H9ClFN3OS2. The largest absolute Gasteiger partial charge is 0.329 e. The summed E-state index contributed by atoms with van der Waals surface area (Å²) in [5.41, 5.74) is 5.09. The Labute approximate surface area is 128 Å². The molecule has 0 saturated heterocycles. The van der Waals surface area contributed by atoms with Gasteiger partial charge in [-0.2, -0.15) is 0 Å². The van der Waals surface area contributed by atoms with Crippen LogP contribution < -0.4 is 16.2 Å². The van der Waals surface area contributed by atoms with Gasteiger partial charge in [-0.05, 0) is 36.5 Å². The zero-order chi connectivity index (χ0) is 14.5. The van der Waals surface area contributed by atoms with Crippen LogP contribution in [0.25, 0.3) is 0 Å². The van der Waals surface area contributed by atoms with Crippen LogP contribution in [0.15, 0.2) is 36.4 Å². The molecule has 20 heavy (non-hydrogen) atoms. The van der Waals surface area contributed by atoms with Crippen molar-refractivity contribution in [2.24, 2.45) is 0 Å². The molecule has 8 heteroatoms. The van der Waals surface area contributed by atoms with Crippen LogP contribution in [-0.2, 0) is 0 Å². The van der Waals surface area contributed by atoms with Gasteiger partial charge in [0.1, 0.15) is 5.82 Å². The SMILES string of the molecule is O=C(NNC(=S)Nc1ccccc1F)c1ccc(Cl)s1. The van der Waals surface area contributed by atoms with E-state index in [0.717, 1.165) is 11.3 Å². The highest BCUT2D eigenvalue weighted by Gasteiger charge is 2.09. The monoisotopic (exact) mass is 329 g/mol. The summed E-state index contributed by atoms with van der Waals surface area (Å²) in [4.78, 5) is 12.1. The van der Waals surface area contributed by atoms with Crippen molar-refractivity contribution in [2.45, 2.75) is 0 Å². The highest BCUT2D eigenvalue weighted by atomic mass is 35.5. The molecule has 1 aromatic carbocycles. The summed E-state index contributed by atoms with van der Waals surface area (Å²) >= 11 is 11.8. The maximum Gasteiger partial charge on any atom is 0.279 e. The zero-order valence-corrected chi connectivity index (χ0v) is 12.3. The van der Waals surface area contributed by atoms with E-state index in [4.69, 9.17) is 23.8 Å². The lowest BCUT2D eigenvalue weighted by atomic mass is 10.3. The average molecular weight is 330 g/mol. The standard InChI is InChI=1S/C12H9ClFN3OS2/c13-10-6-5-9(20-10)11(18)16-17-12(19)15-8-4-2-1-3-7(8)14/h1-6H,(H,16,18)(H2,15,17,19). The molecule has 0 aliphatic carbocycles. The minimum Gasteiger partial charge on any atom is -0.329 e. The number of thiocarbonyl (C=S) groups is 1. The van der Waals surface area contributed by atoms with E-state index in [1.54, 1.807) is 24.3 Å². The van der Waals surface area contributed by atoms with Gasteiger partial charge in [-0.25, -0.2) is 4.39 Å². The van der Waals surface area contributed by atoms with Crippen LogP contribution in [0.4, 0.5) is 10.1 Å². The van der Waals surface area contributed by atoms with Crippen molar-refractivity contribution in [3.05, 3.63) is 51.4 Å². The van der Waals surface area contributed by atoms with Gasteiger partial charge >= 0.3 is 0 Å². The summed E-state index contributed by atoms with van der Waals surface area (Å²) in [6.45, 7) is 0.